The van der Waals surface area contributed by atoms with Gasteiger partial charge >= 0.3 is 0 Å². The zero-order valence-electron chi connectivity index (χ0n) is 16.7. The summed E-state index contributed by atoms with van der Waals surface area (Å²) >= 11 is 1.45. The number of ether oxygens (including phenoxy) is 1. The van der Waals surface area contributed by atoms with Crippen molar-refractivity contribution in [2.75, 3.05) is 18.6 Å². The van der Waals surface area contributed by atoms with Gasteiger partial charge in [-0.2, -0.15) is 4.99 Å². The fourth-order valence-corrected chi connectivity index (χ4v) is 8.55. The summed E-state index contributed by atoms with van der Waals surface area (Å²) in [5.41, 5.74) is 1.01. The van der Waals surface area contributed by atoms with Crippen LogP contribution in [-0.4, -0.2) is 54.3 Å². The minimum Gasteiger partial charge on any atom is -0.497 e. The van der Waals surface area contributed by atoms with Gasteiger partial charge in [-0.05, 0) is 30.0 Å². The van der Waals surface area contributed by atoms with Crippen molar-refractivity contribution in [2.24, 2.45) is 10.9 Å². The first-order chi connectivity index (χ1) is 13.9. The average molecular weight is 437 g/mol. The average Bonchev–Trinajstić information content (AvgIpc) is 3.37. The van der Waals surface area contributed by atoms with Crippen molar-refractivity contribution < 1.29 is 17.9 Å². The van der Waals surface area contributed by atoms with Crippen molar-refractivity contribution in [3.63, 3.8) is 0 Å². The second kappa shape index (κ2) is 8.68. The highest BCUT2D eigenvalue weighted by atomic mass is 32.2. The van der Waals surface area contributed by atoms with Crippen LogP contribution in [0.15, 0.2) is 29.3 Å². The Bertz CT molecular complexity index is 894. The first-order valence-electron chi connectivity index (χ1n) is 10.3. The van der Waals surface area contributed by atoms with E-state index in [1.165, 1.54) is 37.4 Å². The monoisotopic (exact) mass is 436 g/mol. The van der Waals surface area contributed by atoms with Crippen LogP contribution in [0.25, 0.3) is 0 Å². The molecule has 4 rings (SSSR count). The van der Waals surface area contributed by atoms with Crippen molar-refractivity contribution in [1.29, 1.82) is 0 Å². The maximum Gasteiger partial charge on any atom is 0.248 e. The molecule has 1 amide bonds. The molecular formula is C21H28N2O4S2. The molecule has 0 aromatic heterocycles. The number of hydrogen-bond donors (Lipinski definition) is 0. The molecular weight excluding hydrogens is 408 g/mol. The maximum atomic E-state index is 12.5. The summed E-state index contributed by atoms with van der Waals surface area (Å²) in [6.45, 7) is 0.523. The third-order valence-corrected chi connectivity index (χ3v) is 9.37. The molecule has 1 aliphatic carbocycles. The van der Waals surface area contributed by atoms with Gasteiger partial charge in [-0.3, -0.25) is 4.79 Å². The minimum absolute atomic E-state index is 0.0491. The topological polar surface area (TPSA) is 76.0 Å². The van der Waals surface area contributed by atoms with Gasteiger partial charge in [0, 0.05) is 18.2 Å². The van der Waals surface area contributed by atoms with Crippen LogP contribution in [0.2, 0.25) is 0 Å². The molecule has 2 atom stereocenters. The normalized spacial score (nSPS) is 27.5. The number of amides is 1. The van der Waals surface area contributed by atoms with E-state index in [9.17, 15) is 13.2 Å². The molecule has 8 heteroatoms. The van der Waals surface area contributed by atoms with Gasteiger partial charge in [0.15, 0.2) is 15.0 Å². The molecule has 29 heavy (non-hydrogen) atoms. The van der Waals surface area contributed by atoms with Crippen LogP contribution < -0.4 is 4.74 Å². The van der Waals surface area contributed by atoms with E-state index < -0.39 is 9.84 Å². The lowest BCUT2D eigenvalue weighted by Crippen LogP contribution is -2.37. The van der Waals surface area contributed by atoms with E-state index in [4.69, 9.17) is 4.74 Å². The largest absolute Gasteiger partial charge is 0.497 e. The van der Waals surface area contributed by atoms with E-state index in [0.29, 0.717) is 24.1 Å². The van der Waals surface area contributed by atoms with Gasteiger partial charge in [-0.15, -0.1) is 0 Å². The molecule has 2 saturated heterocycles. The molecule has 1 saturated carbocycles. The summed E-state index contributed by atoms with van der Waals surface area (Å²) < 4.78 is 29.6. The van der Waals surface area contributed by atoms with Gasteiger partial charge in [-0.1, -0.05) is 49.6 Å². The number of fused-ring (bicyclic) bond motifs is 1. The Morgan fingerprint density at radius 2 is 2.07 bits per heavy atom. The van der Waals surface area contributed by atoms with E-state index >= 15 is 0 Å². The number of thioether (sulfide) groups is 1. The number of amidine groups is 1. The molecule has 0 spiro atoms. The number of methoxy groups -OCH3 is 1. The van der Waals surface area contributed by atoms with Crippen LogP contribution in [-0.2, 0) is 21.2 Å². The fourth-order valence-electron chi connectivity index (χ4n) is 4.58. The van der Waals surface area contributed by atoms with Crippen LogP contribution in [0.5, 0.6) is 5.75 Å². The number of sulfone groups is 1. The molecule has 1 aromatic rings. The molecule has 0 radical (unpaired) electrons. The Labute approximate surface area is 177 Å². The molecule has 3 fully saturated rings. The third kappa shape index (κ3) is 4.97. The Morgan fingerprint density at radius 3 is 2.83 bits per heavy atom. The summed E-state index contributed by atoms with van der Waals surface area (Å²) in [4.78, 5) is 19.0. The maximum absolute atomic E-state index is 12.5. The van der Waals surface area contributed by atoms with Crippen LogP contribution in [0, 0.1) is 5.92 Å². The number of nitrogens with zero attached hydrogens (tertiary/aromatic N) is 2. The predicted molar refractivity (Wildman–Crippen MR) is 116 cm³/mol. The summed E-state index contributed by atoms with van der Waals surface area (Å²) in [7, 11) is -1.42. The van der Waals surface area contributed by atoms with Crippen molar-refractivity contribution in [3.8, 4) is 5.75 Å². The fraction of sp³-hybridized carbons (Fsp3) is 0.619. The number of rotatable bonds is 6. The molecule has 3 aliphatic rings. The Morgan fingerprint density at radius 1 is 1.28 bits per heavy atom. The van der Waals surface area contributed by atoms with Crippen LogP contribution in [0.1, 0.15) is 44.1 Å². The van der Waals surface area contributed by atoms with Crippen molar-refractivity contribution in [2.45, 2.75) is 56.4 Å². The zero-order chi connectivity index (χ0) is 20.4. The molecule has 6 nitrogen and oxygen atoms in total. The first kappa shape index (κ1) is 20.7. The molecule has 158 valence electrons. The van der Waals surface area contributed by atoms with Gasteiger partial charge in [0.05, 0.1) is 24.7 Å². The molecule has 0 bridgehead atoms. The van der Waals surface area contributed by atoms with E-state index in [1.807, 2.05) is 29.2 Å². The SMILES string of the molecule is COc1cccc(CN2C(=NC(=O)CCC3CCCC3)S[C@H]3CS(=O)(=O)C[C@H]32)c1. The van der Waals surface area contributed by atoms with Crippen molar-refractivity contribution in [1.82, 2.24) is 4.90 Å². The smallest absolute Gasteiger partial charge is 0.248 e. The number of carbonyl (C=O) groups is 1. The molecule has 0 unspecified atom stereocenters. The number of hydrogen-bond acceptors (Lipinski definition) is 5. The zero-order valence-corrected chi connectivity index (χ0v) is 18.4. The van der Waals surface area contributed by atoms with Gasteiger partial charge in [0.1, 0.15) is 5.75 Å². The van der Waals surface area contributed by atoms with Crippen molar-refractivity contribution in [3.05, 3.63) is 29.8 Å². The lowest BCUT2D eigenvalue weighted by Gasteiger charge is -2.24. The minimum atomic E-state index is -3.04. The summed E-state index contributed by atoms with van der Waals surface area (Å²) in [5, 5.41) is 0.626. The Hall–Kier alpha value is -1.54. The Balaban J connectivity index is 1.50. The standard InChI is InChI=1S/C21H28N2O4S2/c1-27-17-8-4-7-16(11-17)12-23-18-13-29(25,26)14-19(18)28-21(23)22-20(24)10-9-15-5-2-3-6-15/h4,7-8,11,15,18-19H,2-3,5-6,9-10,12-14H2,1H3/t18-,19+/m1/s1. The molecule has 2 heterocycles. The van der Waals surface area contributed by atoms with E-state index in [-0.39, 0.29) is 28.7 Å². The second-order valence-corrected chi connectivity index (χ2v) is 11.6. The highest BCUT2D eigenvalue weighted by Crippen LogP contribution is 2.39. The summed E-state index contributed by atoms with van der Waals surface area (Å²) in [6.07, 6.45) is 6.39. The quantitative estimate of drug-likeness (QED) is 0.681. The van der Waals surface area contributed by atoms with Gasteiger partial charge in [-0.25, -0.2) is 8.42 Å². The summed E-state index contributed by atoms with van der Waals surface area (Å²) in [6, 6.07) is 7.61. The van der Waals surface area contributed by atoms with Crippen LogP contribution >= 0.6 is 11.8 Å². The second-order valence-electron chi connectivity index (χ2n) is 8.26. The highest BCUT2D eigenvalue weighted by molar-refractivity contribution is 8.15. The van der Waals surface area contributed by atoms with E-state index in [2.05, 4.69) is 4.99 Å². The van der Waals surface area contributed by atoms with E-state index in [0.717, 1.165) is 17.7 Å². The lowest BCUT2D eigenvalue weighted by molar-refractivity contribution is -0.118. The van der Waals surface area contributed by atoms with Crippen molar-refractivity contribution >= 4 is 32.7 Å². The van der Waals surface area contributed by atoms with Gasteiger partial charge < -0.3 is 9.64 Å². The van der Waals surface area contributed by atoms with Gasteiger partial charge in [0.25, 0.3) is 0 Å². The molecule has 2 aliphatic heterocycles. The van der Waals surface area contributed by atoms with Crippen LogP contribution in [0.3, 0.4) is 0 Å². The lowest BCUT2D eigenvalue weighted by atomic mass is 10.0. The van der Waals surface area contributed by atoms with E-state index in [1.54, 1.807) is 7.11 Å². The summed E-state index contributed by atoms with van der Waals surface area (Å²) in [5.74, 6) is 1.62. The Kier molecular flexibility index (Phi) is 6.20. The first-order valence-corrected chi connectivity index (χ1v) is 13.0. The third-order valence-electron chi connectivity index (χ3n) is 6.12. The van der Waals surface area contributed by atoms with Gasteiger partial charge in [0.2, 0.25) is 5.91 Å². The number of benzene rings is 1. The number of carbonyl (C=O) groups excluding carboxylic acids is 1. The molecule has 0 N–H and O–H groups in total. The predicted octanol–water partition coefficient (Wildman–Crippen LogP) is 3.26. The number of aliphatic imine (C=N–C) groups is 1. The van der Waals surface area contributed by atoms with Crippen LogP contribution in [0.4, 0.5) is 0 Å². The highest BCUT2D eigenvalue weighted by Gasteiger charge is 2.48. The molecule has 1 aromatic carbocycles.